The fraction of sp³-hybridized carbons (Fsp3) is 0.562. The van der Waals surface area contributed by atoms with Crippen LogP contribution in [0.4, 0.5) is 0 Å². The van der Waals surface area contributed by atoms with E-state index >= 15 is 0 Å². The molecule has 0 unspecified atom stereocenters. The lowest BCUT2D eigenvalue weighted by Crippen LogP contribution is -2.31. The molecule has 0 radical (unpaired) electrons. The van der Waals surface area contributed by atoms with E-state index < -0.39 is 0 Å². The van der Waals surface area contributed by atoms with Gasteiger partial charge in [0.05, 0.1) is 0 Å². The predicted octanol–water partition coefficient (Wildman–Crippen LogP) is 4.33. The summed E-state index contributed by atoms with van der Waals surface area (Å²) in [5, 5.41) is 0. The van der Waals surface area contributed by atoms with Crippen LogP contribution in [0.5, 0.6) is 0 Å². The number of carbonyl (C=O) groups excluding carboxylic acids is 1. The first-order chi connectivity index (χ1) is 9.15. The molecule has 2 rings (SSSR count). The first-order valence-electron chi connectivity index (χ1n) is 7.15. The summed E-state index contributed by atoms with van der Waals surface area (Å²) in [5.74, 6) is 0.648. The number of hydrogen-bond donors (Lipinski definition) is 0. The molecule has 0 saturated carbocycles. The molecule has 1 aromatic rings. The molecule has 1 heterocycles. The van der Waals surface area contributed by atoms with Gasteiger partial charge in [0, 0.05) is 23.9 Å². The predicted molar refractivity (Wildman–Crippen MR) is 83.4 cm³/mol. The number of rotatable bonds is 3. The smallest absolute Gasteiger partial charge is 0.133 e. The zero-order valence-electron chi connectivity index (χ0n) is 12.5. The van der Waals surface area contributed by atoms with Crippen LogP contribution in [0.15, 0.2) is 29.2 Å². The fourth-order valence-electron chi connectivity index (χ4n) is 2.10. The third kappa shape index (κ3) is 5.37. The van der Waals surface area contributed by atoms with Gasteiger partial charge in [-0.15, -0.1) is 0 Å². The van der Waals surface area contributed by atoms with Crippen LogP contribution in [0.3, 0.4) is 0 Å². The number of aryl methyl sites for hydroxylation is 1. The van der Waals surface area contributed by atoms with Crippen molar-refractivity contribution in [2.24, 2.45) is 5.92 Å². The van der Waals surface area contributed by atoms with Crippen LogP contribution in [0.2, 0.25) is 0 Å². The average molecular weight is 279 g/mol. The van der Waals surface area contributed by atoms with E-state index in [0.717, 1.165) is 25.9 Å². The molecule has 1 saturated heterocycles. The molecule has 19 heavy (non-hydrogen) atoms. The van der Waals surface area contributed by atoms with Gasteiger partial charge in [0.2, 0.25) is 0 Å². The van der Waals surface area contributed by atoms with Crippen molar-refractivity contribution in [2.45, 2.75) is 45.4 Å². The summed E-state index contributed by atoms with van der Waals surface area (Å²) in [6.45, 7) is 9.85. The third-order valence-corrected chi connectivity index (χ3v) is 4.39. The maximum atomic E-state index is 11.3. The summed E-state index contributed by atoms with van der Waals surface area (Å²) in [6.07, 6.45) is 2.02. The lowest BCUT2D eigenvalue weighted by Gasteiger charge is -2.29. The molecular formula is C16H25NOS. The average Bonchev–Trinajstić information content (AvgIpc) is 2.44. The van der Waals surface area contributed by atoms with E-state index in [4.69, 9.17) is 0 Å². The van der Waals surface area contributed by atoms with Crippen molar-refractivity contribution in [3.05, 3.63) is 29.8 Å². The van der Waals surface area contributed by atoms with Crippen molar-refractivity contribution in [2.75, 3.05) is 13.1 Å². The Bertz CT molecular complexity index is 380. The summed E-state index contributed by atoms with van der Waals surface area (Å²) >= 11 is 1.81. The van der Waals surface area contributed by atoms with Gasteiger partial charge in [-0.1, -0.05) is 31.5 Å². The summed E-state index contributed by atoms with van der Waals surface area (Å²) in [4.78, 5) is 12.6. The van der Waals surface area contributed by atoms with Gasteiger partial charge in [0.25, 0.3) is 0 Å². The molecule has 1 aromatic carbocycles. The van der Waals surface area contributed by atoms with E-state index in [-0.39, 0.29) is 0 Å². The molecule has 2 nitrogen and oxygen atoms in total. The third-order valence-electron chi connectivity index (χ3n) is 3.28. The number of ketones is 1. The normalized spacial score (nSPS) is 16.6. The van der Waals surface area contributed by atoms with Gasteiger partial charge in [-0.25, -0.2) is 4.31 Å². The van der Waals surface area contributed by atoms with Crippen LogP contribution >= 0.6 is 11.9 Å². The Labute approximate surface area is 121 Å². The zero-order chi connectivity index (χ0) is 14.3. The van der Waals surface area contributed by atoms with Crippen molar-refractivity contribution in [1.29, 1.82) is 0 Å². The Kier molecular flexibility index (Phi) is 7.17. The number of carbonyl (C=O) groups is 1. The van der Waals surface area contributed by atoms with Gasteiger partial charge in [0.15, 0.2) is 0 Å². The molecule has 0 N–H and O–H groups in total. The minimum absolute atomic E-state index is 0.296. The Balaban J connectivity index is 0.000000861. The molecular weight excluding hydrogens is 254 g/mol. The number of nitrogens with zero attached hydrogens (tertiary/aromatic N) is 1. The van der Waals surface area contributed by atoms with Gasteiger partial charge in [0.1, 0.15) is 5.78 Å². The highest BCUT2D eigenvalue weighted by molar-refractivity contribution is 7.97. The summed E-state index contributed by atoms with van der Waals surface area (Å²) in [7, 11) is 0. The topological polar surface area (TPSA) is 20.3 Å². The van der Waals surface area contributed by atoms with Crippen LogP contribution in [0.1, 0.15) is 39.2 Å². The van der Waals surface area contributed by atoms with Crippen LogP contribution in [0, 0.1) is 12.8 Å². The SMILES string of the molecule is CC.CC(=O)C1CCN(Sc2ccc(C)cc2)CC1. The number of piperidine rings is 1. The largest absolute Gasteiger partial charge is 0.300 e. The second-order valence-electron chi connectivity index (χ2n) is 4.72. The Morgan fingerprint density at radius 1 is 1.16 bits per heavy atom. The summed E-state index contributed by atoms with van der Waals surface area (Å²) < 4.78 is 2.37. The van der Waals surface area contributed by atoms with Crippen molar-refractivity contribution in [1.82, 2.24) is 4.31 Å². The first-order valence-corrected chi connectivity index (χ1v) is 7.92. The minimum Gasteiger partial charge on any atom is -0.300 e. The van der Waals surface area contributed by atoms with E-state index in [0.29, 0.717) is 11.7 Å². The van der Waals surface area contributed by atoms with Gasteiger partial charge in [-0.05, 0) is 50.8 Å². The molecule has 1 fully saturated rings. The van der Waals surface area contributed by atoms with E-state index in [1.807, 2.05) is 25.8 Å². The van der Waals surface area contributed by atoms with Crippen molar-refractivity contribution < 1.29 is 4.79 Å². The second-order valence-corrected chi connectivity index (χ2v) is 5.89. The van der Waals surface area contributed by atoms with Crippen molar-refractivity contribution in [3.8, 4) is 0 Å². The Morgan fingerprint density at radius 3 is 2.16 bits per heavy atom. The van der Waals surface area contributed by atoms with Crippen LogP contribution < -0.4 is 0 Å². The van der Waals surface area contributed by atoms with Crippen molar-refractivity contribution in [3.63, 3.8) is 0 Å². The maximum Gasteiger partial charge on any atom is 0.133 e. The highest BCUT2D eigenvalue weighted by atomic mass is 32.2. The standard InChI is InChI=1S/C14H19NOS.C2H6/c1-11-3-5-14(6-4-11)17-15-9-7-13(8-10-15)12(2)16;1-2/h3-6,13H,7-10H2,1-2H3;1-2H3. The lowest BCUT2D eigenvalue weighted by molar-refractivity contribution is -0.121. The van der Waals surface area contributed by atoms with Crippen LogP contribution in [0.25, 0.3) is 0 Å². The van der Waals surface area contributed by atoms with Gasteiger partial charge in [-0.3, -0.25) is 4.79 Å². The number of hydrogen-bond acceptors (Lipinski definition) is 3. The lowest BCUT2D eigenvalue weighted by atomic mass is 9.95. The monoisotopic (exact) mass is 279 g/mol. The minimum atomic E-state index is 0.296. The maximum absolute atomic E-state index is 11.3. The molecule has 0 amide bonds. The second kappa shape index (κ2) is 8.39. The quantitative estimate of drug-likeness (QED) is 0.768. The van der Waals surface area contributed by atoms with Crippen LogP contribution in [-0.4, -0.2) is 23.2 Å². The Morgan fingerprint density at radius 2 is 1.68 bits per heavy atom. The van der Waals surface area contributed by atoms with E-state index in [1.54, 1.807) is 6.92 Å². The number of Topliss-reactive ketones (excluding diaryl/α,β-unsaturated/α-hetero) is 1. The first kappa shape index (κ1) is 16.3. The van der Waals surface area contributed by atoms with E-state index in [2.05, 4.69) is 35.5 Å². The van der Waals surface area contributed by atoms with Crippen LogP contribution in [-0.2, 0) is 4.79 Å². The highest BCUT2D eigenvalue weighted by Crippen LogP contribution is 2.28. The summed E-state index contributed by atoms with van der Waals surface area (Å²) in [5.41, 5.74) is 1.30. The molecule has 106 valence electrons. The van der Waals surface area contributed by atoms with E-state index in [9.17, 15) is 4.79 Å². The van der Waals surface area contributed by atoms with E-state index in [1.165, 1.54) is 10.5 Å². The Hall–Kier alpha value is -0.800. The molecule has 0 aromatic heterocycles. The van der Waals surface area contributed by atoms with Gasteiger partial charge < -0.3 is 0 Å². The fourth-order valence-corrected chi connectivity index (χ4v) is 3.05. The molecule has 3 heteroatoms. The molecule has 0 atom stereocenters. The van der Waals surface area contributed by atoms with Gasteiger partial charge in [-0.2, -0.15) is 0 Å². The van der Waals surface area contributed by atoms with Crippen molar-refractivity contribution >= 4 is 17.7 Å². The molecule has 0 bridgehead atoms. The molecule has 0 aliphatic carbocycles. The molecule has 1 aliphatic heterocycles. The highest BCUT2D eigenvalue weighted by Gasteiger charge is 2.22. The molecule has 1 aliphatic rings. The van der Waals surface area contributed by atoms with Gasteiger partial charge >= 0.3 is 0 Å². The zero-order valence-corrected chi connectivity index (χ0v) is 13.3. The summed E-state index contributed by atoms with van der Waals surface area (Å²) in [6, 6.07) is 8.61. The molecule has 0 spiro atoms. The number of benzene rings is 1.